The predicted molar refractivity (Wildman–Crippen MR) is 108 cm³/mol. The van der Waals surface area contributed by atoms with Crippen LogP contribution in [0.15, 0.2) is 30.5 Å². The maximum atomic E-state index is 6.02. The van der Waals surface area contributed by atoms with Crippen LogP contribution in [0.3, 0.4) is 0 Å². The molecule has 0 atom stereocenters. The van der Waals surface area contributed by atoms with Gasteiger partial charge < -0.3 is 14.8 Å². The highest BCUT2D eigenvalue weighted by molar-refractivity contribution is 7.19. The van der Waals surface area contributed by atoms with Gasteiger partial charge in [0.05, 0.1) is 30.5 Å². The molecule has 3 aromatic rings. The van der Waals surface area contributed by atoms with Gasteiger partial charge in [0.25, 0.3) is 0 Å². The topological polar surface area (TPSA) is 69.2 Å². The lowest BCUT2D eigenvalue weighted by Gasteiger charge is -2.25. The second-order valence-corrected chi connectivity index (χ2v) is 7.62. The molecule has 0 amide bonds. The minimum Gasteiger partial charge on any atom is -0.497 e. The Morgan fingerprint density at radius 3 is 2.44 bits per heavy atom. The molecule has 1 aromatic carbocycles. The summed E-state index contributed by atoms with van der Waals surface area (Å²) in [5.41, 5.74) is 2.45. The number of methoxy groups -OCH3 is 2. The van der Waals surface area contributed by atoms with Gasteiger partial charge in [-0.1, -0.05) is 11.3 Å². The molecule has 1 aliphatic rings. The zero-order chi connectivity index (χ0) is 18.8. The lowest BCUT2D eigenvalue weighted by molar-refractivity contribution is 0.394. The number of nitrogens with zero attached hydrogens (tertiary/aromatic N) is 3. The summed E-state index contributed by atoms with van der Waals surface area (Å²) in [6.07, 6.45) is 5.27. The van der Waals surface area contributed by atoms with Crippen molar-refractivity contribution in [1.29, 1.82) is 0 Å². The van der Waals surface area contributed by atoms with Gasteiger partial charge in [-0.15, -0.1) is 0 Å². The van der Waals surface area contributed by atoms with E-state index in [1.54, 1.807) is 31.8 Å². The first-order valence-electron chi connectivity index (χ1n) is 8.66. The average molecular weight is 403 g/mol. The third-order valence-corrected chi connectivity index (χ3v) is 5.73. The SMILES string of the molecule is COc1cc(OC)cc(-c2nc(NC3CCC3)sc2-c2ccnc(Cl)n2)c1. The van der Waals surface area contributed by atoms with E-state index in [2.05, 4.69) is 15.3 Å². The Hall–Kier alpha value is -2.38. The molecule has 27 heavy (non-hydrogen) atoms. The minimum absolute atomic E-state index is 0.212. The van der Waals surface area contributed by atoms with Gasteiger partial charge in [0.1, 0.15) is 11.5 Å². The number of nitrogens with one attached hydrogen (secondary N) is 1. The van der Waals surface area contributed by atoms with Gasteiger partial charge in [-0.05, 0) is 49.1 Å². The Bertz CT molecular complexity index is 936. The summed E-state index contributed by atoms with van der Waals surface area (Å²) < 4.78 is 10.8. The van der Waals surface area contributed by atoms with E-state index in [0.717, 1.165) is 27.0 Å². The summed E-state index contributed by atoms with van der Waals surface area (Å²) in [7, 11) is 3.27. The van der Waals surface area contributed by atoms with Crippen molar-refractivity contribution in [3.05, 3.63) is 35.7 Å². The summed E-state index contributed by atoms with van der Waals surface area (Å²) in [5, 5.41) is 4.61. The van der Waals surface area contributed by atoms with Crippen molar-refractivity contribution in [1.82, 2.24) is 15.0 Å². The van der Waals surface area contributed by atoms with Crippen molar-refractivity contribution >= 4 is 28.1 Å². The van der Waals surface area contributed by atoms with Crippen molar-refractivity contribution in [2.75, 3.05) is 19.5 Å². The molecule has 0 aliphatic heterocycles. The molecule has 0 saturated heterocycles. The normalized spacial score (nSPS) is 13.9. The number of ether oxygens (including phenoxy) is 2. The van der Waals surface area contributed by atoms with Crippen molar-refractivity contribution in [2.45, 2.75) is 25.3 Å². The summed E-state index contributed by atoms with van der Waals surface area (Å²) in [5.74, 6) is 1.41. The molecule has 0 spiro atoms. The summed E-state index contributed by atoms with van der Waals surface area (Å²) >= 11 is 7.59. The van der Waals surface area contributed by atoms with Gasteiger partial charge >= 0.3 is 0 Å². The fourth-order valence-electron chi connectivity index (χ4n) is 2.88. The Kier molecular flexibility index (Phi) is 5.13. The number of hydrogen-bond donors (Lipinski definition) is 1. The second-order valence-electron chi connectivity index (χ2n) is 6.28. The standard InChI is InChI=1S/C19H19ClN4O2S/c1-25-13-8-11(9-14(10-13)26-2)16-17(15-6-7-21-18(20)23-15)27-19(24-16)22-12-4-3-5-12/h6-10,12H,3-5H2,1-2H3,(H,22,24). The van der Waals surface area contributed by atoms with Crippen LogP contribution in [0.4, 0.5) is 5.13 Å². The minimum atomic E-state index is 0.212. The van der Waals surface area contributed by atoms with E-state index < -0.39 is 0 Å². The van der Waals surface area contributed by atoms with E-state index in [4.69, 9.17) is 26.1 Å². The monoisotopic (exact) mass is 402 g/mol. The van der Waals surface area contributed by atoms with Gasteiger partial charge in [-0.3, -0.25) is 0 Å². The Morgan fingerprint density at radius 2 is 1.85 bits per heavy atom. The van der Waals surface area contributed by atoms with Crippen molar-refractivity contribution in [2.24, 2.45) is 0 Å². The van der Waals surface area contributed by atoms with Gasteiger partial charge in [-0.25, -0.2) is 15.0 Å². The molecular weight excluding hydrogens is 384 g/mol. The van der Waals surface area contributed by atoms with Gasteiger partial charge in [0.15, 0.2) is 5.13 Å². The molecule has 2 aromatic heterocycles. The molecule has 0 unspecified atom stereocenters. The number of thiazole rings is 1. The highest BCUT2D eigenvalue weighted by Gasteiger charge is 2.22. The number of hydrogen-bond acceptors (Lipinski definition) is 7. The van der Waals surface area contributed by atoms with Crippen LogP contribution in [0, 0.1) is 0 Å². The molecule has 0 radical (unpaired) electrons. The Labute approximate surface area is 166 Å². The first kappa shape index (κ1) is 18.0. The second kappa shape index (κ2) is 7.70. The summed E-state index contributed by atoms with van der Waals surface area (Å²) in [6, 6.07) is 8.05. The van der Waals surface area contributed by atoms with Gasteiger partial charge in [0.2, 0.25) is 5.28 Å². The number of aromatic nitrogens is 3. The van der Waals surface area contributed by atoms with E-state index in [1.165, 1.54) is 19.3 Å². The zero-order valence-electron chi connectivity index (χ0n) is 15.0. The summed E-state index contributed by atoms with van der Waals surface area (Å²) in [4.78, 5) is 14.1. The summed E-state index contributed by atoms with van der Waals surface area (Å²) in [6.45, 7) is 0. The van der Waals surface area contributed by atoms with Crippen molar-refractivity contribution in [3.63, 3.8) is 0 Å². The van der Waals surface area contributed by atoms with Crippen LogP contribution >= 0.6 is 22.9 Å². The van der Waals surface area contributed by atoms with Crippen LogP contribution in [0.2, 0.25) is 5.28 Å². The molecule has 1 fully saturated rings. The molecule has 4 rings (SSSR count). The first-order chi connectivity index (χ1) is 13.2. The molecule has 8 heteroatoms. The van der Waals surface area contributed by atoms with Crippen LogP contribution in [0.1, 0.15) is 19.3 Å². The van der Waals surface area contributed by atoms with E-state index in [1.807, 2.05) is 24.3 Å². The van der Waals surface area contributed by atoms with E-state index in [-0.39, 0.29) is 5.28 Å². The first-order valence-corrected chi connectivity index (χ1v) is 9.85. The zero-order valence-corrected chi connectivity index (χ0v) is 16.6. The number of rotatable bonds is 6. The lowest BCUT2D eigenvalue weighted by atomic mass is 9.93. The maximum absolute atomic E-state index is 6.02. The number of anilines is 1. The third-order valence-electron chi connectivity index (χ3n) is 4.54. The largest absolute Gasteiger partial charge is 0.497 e. The fraction of sp³-hybridized carbons (Fsp3) is 0.316. The quantitative estimate of drug-likeness (QED) is 0.591. The molecule has 1 saturated carbocycles. The highest BCUT2D eigenvalue weighted by Crippen LogP contribution is 2.41. The molecule has 6 nitrogen and oxygen atoms in total. The van der Waals surface area contributed by atoms with E-state index >= 15 is 0 Å². The van der Waals surface area contributed by atoms with Crippen LogP contribution in [0.5, 0.6) is 11.5 Å². The lowest BCUT2D eigenvalue weighted by Crippen LogP contribution is -2.26. The van der Waals surface area contributed by atoms with Crippen molar-refractivity contribution < 1.29 is 9.47 Å². The average Bonchev–Trinajstić information content (AvgIpc) is 3.08. The van der Waals surface area contributed by atoms with Crippen molar-refractivity contribution in [3.8, 4) is 33.3 Å². The van der Waals surface area contributed by atoms with Gasteiger partial charge in [0, 0.05) is 23.9 Å². The molecule has 1 aliphatic carbocycles. The molecule has 2 heterocycles. The van der Waals surface area contributed by atoms with E-state index in [9.17, 15) is 0 Å². The highest BCUT2D eigenvalue weighted by atomic mass is 35.5. The molecular formula is C19H19ClN4O2S. The fourth-order valence-corrected chi connectivity index (χ4v) is 4.07. The molecule has 1 N–H and O–H groups in total. The maximum Gasteiger partial charge on any atom is 0.222 e. The number of halogens is 1. The van der Waals surface area contributed by atoms with Gasteiger partial charge in [-0.2, -0.15) is 0 Å². The molecule has 140 valence electrons. The Morgan fingerprint density at radius 1 is 1.11 bits per heavy atom. The number of benzene rings is 1. The van der Waals surface area contributed by atoms with Crippen LogP contribution < -0.4 is 14.8 Å². The van der Waals surface area contributed by atoms with Crippen LogP contribution in [0.25, 0.3) is 21.8 Å². The molecule has 0 bridgehead atoms. The predicted octanol–water partition coefficient (Wildman–Crippen LogP) is 4.90. The van der Waals surface area contributed by atoms with Crippen LogP contribution in [-0.2, 0) is 0 Å². The smallest absolute Gasteiger partial charge is 0.222 e. The van der Waals surface area contributed by atoms with E-state index in [0.29, 0.717) is 17.5 Å². The third kappa shape index (κ3) is 3.84. The Balaban J connectivity index is 1.82. The van der Waals surface area contributed by atoms with Crippen LogP contribution in [-0.4, -0.2) is 35.2 Å².